The molecule has 1 unspecified atom stereocenters. The van der Waals surface area contributed by atoms with Crippen LogP contribution in [0.3, 0.4) is 0 Å². The number of hydrogen-bond donors (Lipinski definition) is 2. The van der Waals surface area contributed by atoms with Crippen molar-refractivity contribution in [2.24, 2.45) is 5.14 Å². The minimum Gasteiger partial charge on any atom is -0.228 e. The number of sulfonamides is 2. The summed E-state index contributed by atoms with van der Waals surface area (Å²) in [6.07, 6.45) is 0. The lowest BCUT2D eigenvalue weighted by Crippen LogP contribution is -2.34. The van der Waals surface area contributed by atoms with Gasteiger partial charge >= 0.3 is 0 Å². The zero-order valence-electron chi connectivity index (χ0n) is 12.3. The van der Waals surface area contributed by atoms with Crippen LogP contribution in [0, 0.1) is 0 Å². The monoisotopic (exact) mass is 354 g/mol. The molecule has 0 bridgehead atoms. The van der Waals surface area contributed by atoms with Crippen molar-refractivity contribution in [1.29, 1.82) is 0 Å². The van der Waals surface area contributed by atoms with E-state index in [1.165, 1.54) is 0 Å². The Bertz CT molecular complexity index is 836. The molecule has 0 aliphatic rings. The molecule has 0 aromatic heterocycles. The molecule has 1 atom stereocenters. The molecule has 0 amide bonds. The van der Waals surface area contributed by atoms with Crippen molar-refractivity contribution in [1.82, 2.24) is 4.72 Å². The van der Waals surface area contributed by atoms with Crippen LogP contribution in [0.5, 0.6) is 0 Å². The van der Waals surface area contributed by atoms with Gasteiger partial charge in [-0.3, -0.25) is 0 Å². The van der Waals surface area contributed by atoms with Gasteiger partial charge in [-0.1, -0.05) is 60.7 Å². The van der Waals surface area contributed by atoms with Gasteiger partial charge in [-0.2, -0.15) is 0 Å². The first-order valence-corrected chi connectivity index (χ1v) is 10.1. The van der Waals surface area contributed by atoms with E-state index in [4.69, 9.17) is 5.14 Å². The number of benzene rings is 2. The number of rotatable bonds is 7. The molecule has 0 aliphatic carbocycles. The maximum atomic E-state index is 12.2. The fourth-order valence-electron chi connectivity index (χ4n) is 2.10. The first-order valence-electron chi connectivity index (χ1n) is 6.86. The second-order valence-electron chi connectivity index (χ2n) is 5.08. The fraction of sp³-hybridized carbons (Fsp3) is 0.200. The summed E-state index contributed by atoms with van der Waals surface area (Å²) in [6.45, 7) is 0.0926. The molecular formula is C15H18N2O4S2. The quantitative estimate of drug-likeness (QED) is 0.777. The van der Waals surface area contributed by atoms with E-state index in [2.05, 4.69) is 4.72 Å². The van der Waals surface area contributed by atoms with Crippen LogP contribution in [0.2, 0.25) is 0 Å². The molecule has 2 aromatic rings. The Morgan fingerprint density at radius 2 is 1.39 bits per heavy atom. The highest BCUT2D eigenvalue weighted by atomic mass is 32.2. The number of nitrogens with two attached hydrogens (primary N) is 1. The van der Waals surface area contributed by atoms with Crippen molar-refractivity contribution < 1.29 is 16.8 Å². The van der Waals surface area contributed by atoms with Crippen LogP contribution in [0.15, 0.2) is 60.7 Å². The van der Waals surface area contributed by atoms with Crippen LogP contribution in [-0.4, -0.2) is 22.6 Å². The molecule has 0 spiro atoms. The summed E-state index contributed by atoms with van der Waals surface area (Å²) in [6, 6.07) is 17.0. The van der Waals surface area contributed by atoms with Crippen LogP contribution >= 0.6 is 0 Å². The van der Waals surface area contributed by atoms with Crippen molar-refractivity contribution in [3.05, 3.63) is 71.8 Å². The lowest BCUT2D eigenvalue weighted by Gasteiger charge is -2.16. The standard InChI is InChI=1S/C15H18N2O4S2/c16-23(20,21)15(14-9-5-2-6-10-14)12-22(18,19)17-11-13-7-3-1-4-8-13/h1-10,15,17H,11-12H2,(H2,16,20,21). The molecule has 8 heteroatoms. The van der Waals surface area contributed by atoms with E-state index in [9.17, 15) is 16.8 Å². The van der Waals surface area contributed by atoms with E-state index < -0.39 is 31.0 Å². The zero-order valence-corrected chi connectivity index (χ0v) is 13.9. The molecule has 3 N–H and O–H groups in total. The Labute approximate surface area is 136 Å². The third-order valence-corrected chi connectivity index (χ3v) is 6.08. The number of primary sulfonamides is 1. The van der Waals surface area contributed by atoms with Gasteiger partial charge in [-0.05, 0) is 11.1 Å². The lowest BCUT2D eigenvalue weighted by atomic mass is 10.2. The first kappa shape index (κ1) is 17.6. The average molecular weight is 354 g/mol. The average Bonchev–Trinajstić information content (AvgIpc) is 2.52. The van der Waals surface area contributed by atoms with E-state index in [1.54, 1.807) is 54.6 Å². The normalized spacial score (nSPS) is 13.6. The molecule has 2 aromatic carbocycles. The van der Waals surface area contributed by atoms with Gasteiger partial charge < -0.3 is 0 Å². The van der Waals surface area contributed by atoms with E-state index in [-0.39, 0.29) is 6.54 Å². The first-order chi connectivity index (χ1) is 10.8. The van der Waals surface area contributed by atoms with Crippen molar-refractivity contribution in [3.63, 3.8) is 0 Å². The molecule has 0 aliphatic heterocycles. The predicted octanol–water partition coefficient (Wildman–Crippen LogP) is 1.14. The van der Waals surface area contributed by atoms with Gasteiger partial charge in [-0.25, -0.2) is 26.7 Å². The molecule has 0 fully saturated rings. The highest BCUT2D eigenvalue weighted by Crippen LogP contribution is 2.21. The summed E-state index contributed by atoms with van der Waals surface area (Å²) in [5, 5.41) is 3.90. The predicted molar refractivity (Wildman–Crippen MR) is 89.4 cm³/mol. The molecular weight excluding hydrogens is 336 g/mol. The fourth-order valence-corrected chi connectivity index (χ4v) is 5.02. The largest absolute Gasteiger partial charge is 0.228 e. The topological polar surface area (TPSA) is 106 Å². The molecule has 23 heavy (non-hydrogen) atoms. The van der Waals surface area contributed by atoms with Crippen LogP contribution in [0.1, 0.15) is 16.4 Å². The Kier molecular flexibility index (Phi) is 5.53. The Morgan fingerprint density at radius 1 is 0.870 bits per heavy atom. The molecule has 6 nitrogen and oxygen atoms in total. The van der Waals surface area contributed by atoms with Gasteiger partial charge in [0.25, 0.3) is 0 Å². The third kappa shape index (κ3) is 5.43. The summed E-state index contributed by atoms with van der Waals surface area (Å²) < 4.78 is 50.3. The summed E-state index contributed by atoms with van der Waals surface area (Å²) in [7, 11) is -7.87. The Hall–Kier alpha value is -1.74. The van der Waals surface area contributed by atoms with Crippen molar-refractivity contribution >= 4 is 20.0 Å². The van der Waals surface area contributed by atoms with Crippen LogP contribution < -0.4 is 9.86 Å². The smallest absolute Gasteiger partial charge is 0.217 e. The van der Waals surface area contributed by atoms with Crippen LogP contribution in [-0.2, 0) is 26.6 Å². The Balaban J connectivity index is 2.15. The molecule has 2 rings (SSSR count). The van der Waals surface area contributed by atoms with E-state index in [0.29, 0.717) is 5.56 Å². The molecule has 124 valence electrons. The highest BCUT2D eigenvalue weighted by Gasteiger charge is 2.29. The van der Waals surface area contributed by atoms with Gasteiger partial charge in [0.05, 0.1) is 5.75 Å². The number of hydrogen-bond acceptors (Lipinski definition) is 4. The van der Waals surface area contributed by atoms with E-state index in [1.807, 2.05) is 6.07 Å². The van der Waals surface area contributed by atoms with Crippen LogP contribution in [0.4, 0.5) is 0 Å². The lowest BCUT2D eigenvalue weighted by molar-refractivity contribution is 0.568. The number of nitrogens with one attached hydrogen (secondary N) is 1. The van der Waals surface area contributed by atoms with Gasteiger partial charge in [0.15, 0.2) is 0 Å². The molecule has 0 heterocycles. The molecule has 0 saturated heterocycles. The van der Waals surface area contributed by atoms with Gasteiger partial charge in [0.2, 0.25) is 20.0 Å². The summed E-state index contributed by atoms with van der Waals surface area (Å²) >= 11 is 0. The van der Waals surface area contributed by atoms with Crippen molar-refractivity contribution in [3.8, 4) is 0 Å². The van der Waals surface area contributed by atoms with Gasteiger partial charge in [-0.15, -0.1) is 0 Å². The van der Waals surface area contributed by atoms with Crippen molar-refractivity contribution in [2.45, 2.75) is 11.8 Å². The minimum atomic E-state index is -4.05. The maximum absolute atomic E-state index is 12.2. The SMILES string of the molecule is NS(=O)(=O)C(CS(=O)(=O)NCc1ccccc1)c1ccccc1. The maximum Gasteiger partial charge on any atom is 0.217 e. The third-order valence-electron chi connectivity index (χ3n) is 3.28. The summed E-state index contributed by atoms with van der Waals surface area (Å²) in [4.78, 5) is 0. The highest BCUT2D eigenvalue weighted by molar-refractivity contribution is 7.93. The van der Waals surface area contributed by atoms with E-state index in [0.717, 1.165) is 5.56 Å². The second-order valence-corrected chi connectivity index (χ2v) is 8.68. The second kappa shape index (κ2) is 7.22. The summed E-state index contributed by atoms with van der Waals surface area (Å²) in [5.41, 5.74) is 1.13. The van der Waals surface area contributed by atoms with E-state index >= 15 is 0 Å². The van der Waals surface area contributed by atoms with Crippen LogP contribution in [0.25, 0.3) is 0 Å². The summed E-state index contributed by atoms with van der Waals surface area (Å²) in [5.74, 6) is -0.622. The van der Waals surface area contributed by atoms with Gasteiger partial charge in [0, 0.05) is 6.54 Å². The molecule has 0 saturated carbocycles. The Morgan fingerprint density at radius 3 is 1.91 bits per heavy atom. The molecule has 0 radical (unpaired) electrons. The zero-order chi connectivity index (χ0) is 16.9. The van der Waals surface area contributed by atoms with Crippen molar-refractivity contribution in [2.75, 3.05) is 5.75 Å². The minimum absolute atomic E-state index is 0.0926. The van der Waals surface area contributed by atoms with Gasteiger partial charge in [0.1, 0.15) is 5.25 Å².